The van der Waals surface area contributed by atoms with Gasteiger partial charge in [-0.3, -0.25) is 19.2 Å². The van der Waals surface area contributed by atoms with Crippen molar-refractivity contribution in [2.24, 2.45) is 0 Å². The van der Waals surface area contributed by atoms with Gasteiger partial charge in [0.05, 0.1) is 0 Å². The quantitative estimate of drug-likeness (QED) is 0.319. The molecule has 0 unspecified atom stereocenters. The van der Waals surface area contributed by atoms with Crippen LogP contribution in [0, 0.1) is 0 Å². The lowest BCUT2D eigenvalue weighted by molar-refractivity contribution is 1.66. The highest BCUT2D eigenvalue weighted by Gasteiger charge is 2.23. The number of rotatable bonds is 0. The van der Waals surface area contributed by atoms with Crippen LogP contribution in [0.15, 0.2) is 55.6 Å². The van der Waals surface area contributed by atoms with Crippen LogP contribution in [0.5, 0.6) is 0 Å². The van der Waals surface area contributed by atoms with Crippen LogP contribution in [-0.4, -0.2) is 0 Å². The molecule has 0 N–H and O–H groups in total. The van der Waals surface area contributed by atoms with Crippen LogP contribution in [0.25, 0.3) is 43.1 Å². The van der Waals surface area contributed by atoms with E-state index < -0.39 is 21.7 Å². The molecule has 0 saturated carbocycles. The van der Waals surface area contributed by atoms with Gasteiger partial charge < -0.3 is 0 Å². The maximum atomic E-state index is 12.4. The maximum absolute atomic E-state index is 12.4. The third-order valence-corrected chi connectivity index (χ3v) is 4.52. The van der Waals surface area contributed by atoms with Gasteiger partial charge in [0.2, 0.25) is 21.7 Å². The minimum atomic E-state index is -0.568. The third-order valence-electron chi connectivity index (χ3n) is 4.52. The second-order valence-corrected chi connectivity index (χ2v) is 5.52. The van der Waals surface area contributed by atoms with E-state index in [4.69, 9.17) is 0 Å². The van der Waals surface area contributed by atoms with Crippen molar-refractivity contribution in [3.05, 3.63) is 77.3 Å². The van der Waals surface area contributed by atoms with Crippen LogP contribution in [-0.2, 0) is 0 Å². The maximum Gasteiger partial charge on any atom is 0.234 e. The van der Waals surface area contributed by atoms with Gasteiger partial charge in [0.15, 0.2) is 0 Å². The second kappa shape index (κ2) is 3.36. The summed E-state index contributed by atoms with van der Waals surface area (Å²) < 4.78 is 0. The molecule has 102 valence electrons. The van der Waals surface area contributed by atoms with Crippen molar-refractivity contribution in [3.63, 3.8) is 0 Å². The van der Waals surface area contributed by atoms with Crippen LogP contribution < -0.4 is 21.7 Å². The summed E-state index contributed by atoms with van der Waals surface area (Å²) in [5.74, 6) is 0. The fourth-order valence-electron chi connectivity index (χ4n) is 3.65. The van der Waals surface area contributed by atoms with E-state index in [-0.39, 0.29) is 0 Å². The second-order valence-electron chi connectivity index (χ2n) is 5.52. The monoisotopic (exact) mass is 286 g/mol. The van der Waals surface area contributed by atoms with Crippen LogP contribution in [0.2, 0.25) is 0 Å². The minimum absolute atomic E-state index is 0.313. The number of benzene rings is 3. The van der Waals surface area contributed by atoms with E-state index in [0.717, 1.165) is 0 Å². The first-order valence-corrected chi connectivity index (χ1v) is 6.80. The molecule has 5 aromatic rings. The van der Waals surface area contributed by atoms with Gasteiger partial charge >= 0.3 is 0 Å². The summed E-state index contributed by atoms with van der Waals surface area (Å²) in [6.45, 7) is 0. The summed E-state index contributed by atoms with van der Waals surface area (Å²) >= 11 is 0. The smallest absolute Gasteiger partial charge is 0.234 e. The molecule has 0 aromatic heterocycles. The van der Waals surface area contributed by atoms with Crippen molar-refractivity contribution in [1.82, 2.24) is 0 Å². The topological polar surface area (TPSA) is 68.3 Å². The molecule has 4 nitrogen and oxygen atoms in total. The highest BCUT2D eigenvalue weighted by Crippen LogP contribution is 2.36. The molecule has 5 aromatic carbocycles. The zero-order chi connectivity index (χ0) is 15.2. The summed E-state index contributed by atoms with van der Waals surface area (Å²) in [5.41, 5.74) is -2.24. The predicted molar refractivity (Wildman–Crippen MR) is 86.3 cm³/mol. The van der Waals surface area contributed by atoms with E-state index in [0.29, 0.717) is 43.1 Å². The number of hydrogen-bond donors (Lipinski definition) is 0. The fraction of sp³-hybridized carbons (Fsp3) is 0. The van der Waals surface area contributed by atoms with E-state index in [1.807, 2.05) is 0 Å². The predicted octanol–water partition coefficient (Wildman–Crippen LogP) is 1.49. The largest absolute Gasteiger partial charge is 0.285 e. The molecule has 22 heavy (non-hydrogen) atoms. The van der Waals surface area contributed by atoms with Crippen molar-refractivity contribution in [3.8, 4) is 0 Å². The Morgan fingerprint density at radius 3 is 1.18 bits per heavy atom. The molecule has 0 aliphatic rings. The molecule has 0 fully saturated rings. The molecule has 0 radical (unpaired) electrons. The van der Waals surface area contributed by atoms with Gasteiger partial charge in [-0.2, -0.15) is 0 Å². The van der Waals surface area contributed by atoms with Gasteiger partial charge in [0.1, 0.15) is 0 Å². The standard InChI is InChI=1S/C18H6O4/c19-15-9-5-1-3-7-11(9)14(18(15)22)8-4-2-6-10-12(8)13(7)17(21)16(10)20/h1-6H. The summed E-state index contributed by atoms with van der Waals surface area (Å²) in [4.78, 5) is 49.1. The average Bonchev–Trinajstić information content (AvgIpc) is 2.94. The van der Waals surface area contributed by atoms with Crippen molar-refractivity contribution >= 4 is 43.1 Å². The first-order chi connectivity index (χ1) is 10.6. The molecule has 4 heteroatoms. The minimum Gasteiger partial charge on any atom is -0.285 e. The SMILES string of the molecule is O=c1c(=O)c2c3cccc4c(=O)c(=O)c(c5cccc1c52)c43. The molecule has 0 amide bonds. The highest BCUT2D eigenvalue weighted by atomic mass is 16.2. The summed E-state index contributed by atoms with van der Waals surface area (Å²) in [6.07, 6.45) is 0. The molecule has 0 aliphatic heterocycles. The normalized spacial score (nSPS) is 12.4. The lowest BCUT2D eigenvalue weighted by atomic mass is 9.97. The highest BCUT2D eigenvalue weighted by molar-refractivity contribution is 6.33. The summed E-state index contributed by atoms with van der Waals surface area (Å²) in [6, 6.07) is 9.83. The van der Waals surface area contributed by atoms with Gasteiger partial charge in [-0.15, -0.1) is 0 Å². The molecule has 0 saturated heterocycles. The lowest BCUT2D eigenvalue weighted by Crippen LogP contribution is -2.17. The first kappa shape index (κ1) is 11.5. The molecule has 0 bridgehead atoms. The van der Waals surface area contributed by atoms with Gasteiger partial charge in [0.25, 0.3) is 0 Å². The van der Waals surface area contributed by atoms with Crippen LogP contribution in [0.4, 0.5) is 0 Å². The molecule has 0 atom stereocenters. The van der Waals surface area contributed by atoms with Crippen molar-refractivity contribution < 1.29 is 0 Å². The Morgan fingerprint density at radius 1 is 0.409 bits per heavy atom. The van der Waals surface area contributed by atoms with Crippen molar-refractivity contribution in [2.45, 2.75) is 0 Å². The van der Waals surface area contributed by atoms with Gasteiger partial charge in [0, 0.05) is 32.3 Å². The number of fused-ring (bicyclic) bond motifs is 2. The summed E-state index contributed by atoms with van der Waals surface area (Å²) in [7, 11) is 0. The lowest BCUT2D eigenvalue weighted by Gasteiger charge is -2.04. The Bertz CT molecular complexity index is 1320. The molecule has 0 heterocycles. The Morgan fingerprint density at radius 2 is 0.773 bits per heavy atom. The van der Waals surface area contributed by atoms with Crippen molar-refractivity contribution in [1.29, 1.82) is 0 Å². The zero-order valence-electron chi connectivity index (χ0n) is 11.1. The molecular weight excluding hydrogens is 280 g/mol. The van der Waals surface area contributed by atoms with E-state index in [9.17, 15) is 19.2 Å². The van der Waals surface area contributed by atoms with Gasteiger partial charge in [-0.1, -0.05) is 36.4 Å². The van der Waals surface area contributed by atoms with Gasteiger partial charge in [-0.05, 0) is 10.8 Å². The van der Waals surface area contributed by atoms with Crippen LogP contribution in [0.1, 0.15) is 0 Å². The first-order valence-electron chi connectivity index (χ1n) is 6.80. The Labute approximate surface area is 121 Å². The molecule has 5 rings (SSSR count). The fourth-order valence-corrected chi connectivity index (χ4v) is 3.65. The Kier molecular flexibility index (Phi) is 1.76. The van der Waals surface area contributed by atoms with E-state index in [2.05, 4.69) is 0 Å². The summed E-state index contributed by atoms with van der Waals surface area (Å²) in [5, 5.41) is 3.30. The van der Waals surface area contributed by atoms with E-state index >= 15 is 0 Å². The number of hydrogen-bond acceptors (Lipinski definition) is 4. The van der Waals surface area contributed by atoms with E-state index in [1.165, 1.54) is 0 Å². The third kappa shape index (κ3) is 1.01. The Balaban J connectivity index is 2.47. The van der Waals surface area contributed by atoms with E-state index in [1.54, 1.807) is 36.4 Å². The van der Waals surface area contributed by atoms with Gasteiger partial charge in [-0.25, -0.2) is 0 Å². The van der Waals surface area contributed by atoms with Crippen molar-refractivity contribution in [2.75, 3.05) is 0 Å². The molecule has 0 aliphatic carbocycles. The van der Waals surface area contributed by atoms with Crippen LogP contribution in [0.3, 0.4) is 0 Å². The molecule has 0 spiro atoms. The average molecular weight is 286 g/mol. The zero-order valence-corrected chi connectivity index (χ0v) is 11.1. The Hall–Kier alpha value is -3.14. The van der Waals surface area contributed by atoms with Crippen LogP contribution >= 0.6 is 0 Å². The molecular formula is C18H6O4.